The largest absolute Gasteiger partial charge is 0.342 e. The zero-order chi connectivity index (χ0) is 19.9. The lowest BCUT2D eigenvalue weighted by Gasteiger charge is -2.42. The fourth-order valence-electron chi connectivity index (χ4n) is 4.22. The number of nitrogens with zero attached hydrogens (tertiary/aromatic N) is 3. The van der Waals surface area contributed by atoms with E-state index in [-0.39, 0.29) is 18.0 Å². The van der Waals surface area contributed by atoms with Crippen LogP contribution in [0.15, 0.2) is 60.7 Å². The molecule has 1 atom stereocenters. The summed E-state index contributed by atoms with van der Waals surface area (Å²) >= 11 is 0. The molecule has 4 heteroatoms. The van der Waals surface area contributed by atoms with Gasteiger partial charge in [-0.3, -0.25) is 14.6 Å². The molecule has 1 aliphatic heterocycles. The summed E-state index contributed by atoms with van der Waals surface area (Å²) in [6, 6.07) is 21.7. The fourth-order valence-corrected chi connectivity index (χ4v) is 4.22. The van der Waals surface area contributed by atoms with Gasteiger partial charge in [-0.05, 0) is 31.9 Å². The Hall–Kier alpha value is -2.17. The van der Waals surface area contributed by atoms with Crippen LogP contribution in [0.25, 0.3) is 0 Å². The van der Waals surface area contributed by atoms with Crippen molar-refractivity contribution in [2.45, 2.75) is 32.9 Å². The minimum absolute atomic E-state index is 0.0473. The topological polar surface area (TPSA) is 26.8 Å². The number of hydrogen-bond acceptors (Lipinski definition) is 3. The van der Waals surface area contributed by atoms with E-state index in [1.54, 1.807) is 0 Å². The first-order valence-electron chi connectivity index (χ1n) is 10.5. The van der Waals surface area contributed by atoms with Crippen molar-refractivity contribution in [2.75, 3.05) is 39.3 Å². The van der Waals surface area contributed by atoms with Gasteiger partial charge in [0.15, 0.2) is 0 Å². The number of carbonyl (C=O) groups is 1. The zero-order valence-electron chi connectivity index (χ0n) is 17.4. The van der Waals surface area contributed by atoms with E-state index in [0.29, 0.717) is 0 Å². The van der Waals surface area contributed by atoms with Gasteiger partial charge in [0.2, 0.25) is 5.91 Å². The highest BCUT2D eigenvalue weighted by atomic mass is 16.2. The third-order valence-corrected chi connectivity index (χ3v) is 5.92. The number of amides is 1. The average Bonchev–Trinajstić information content (AvgIpc) is 2.76. The first-order chi connectivity index (χ1) is 13.7. The van der Waals surface area contributed by atoms with E-state index in [4.69, 9.17) is 0 Å². The normalized spacial score (nSPS) is 16.9. The molecule has 28 heavy (non-hydrogen) atoms. The fraction of sp³-hybridized carbons (Fsp3) is 0.458. The first kappa shape index (κ1) is 20.6. The molecular weight excluding hydrogens is 346 g/mol. The summed E-state index contributed by atoms with van der Waals surface area (Å²) in [5, 5.41) is 0. The van der Waals surface area contributed by atoms with Gasteiger partial charge in [-0.25, -0.2) is 0 Å². The molecule has 1 heterocycles. The van der Waals surface area contributed by atoms with Crippen LogP contribution in [-0.4, -0.2) is 65.9 Å². The minimum atomic E-state index is -0.0473. The molecular formula is C24H33N3O. The Kier molecular flexibility index (Phi) is 7.24. The Bertz CT molecular complexity index is 683. The van der Waals surface area contributed by atoms with Crippen molar-refractivity contribution < 1.29 is 4.79 Å². The van der Waals surface area contributed by atoms with Crippen molar-refractivity contribution in [1.82, 2.24) is 14.7 Å². The van der Waals surface area contributed by atoms with Crippen molar-refractivity contribution in [2.24, 2.45) is 0 Å². The van der Waals surface area contributed by atoms with Crippen molar-refractivity contribution in [1.29, 1.82) is 0 Å². The highest BCUT2D eigenvalue weighted by molar-refractivity contribution is 5.81. The number of piperazine rings is 1. The van der Waals surface area contributed by atoms with Crippen LogP contribution >= 0.6 is 0 Å². The monoisotopic (exact) mass is 379 g/mol. The van der Waals surface area contributed by atoms with Gasteiger partial charge in [-0.2, -0.15) is 0 Å². The molecule has 3 rings (SSSR count). The second-order valence-electron chi connectivity index (χ2n) is 7.48. The molecule has 0 saturated carbocycles. The van der Waals surface area contributed by atoms with Crippen LogP contribution in [0.1, 0.15) is 37.9 Å². The van der Waals surface area contributed by atoms with E-state index in [1.807, 2.05) is 4.90 Å². The molecule has 0 spiro atoms. The smallest absolute Gasteiger partial charge is 0.239 e. The summed E-state index contributed by atoms with van der Waals surface area (Å²) in [5.41, 5.74) is 2.66. The van der Waals surface area contributed by atoms with Crippen molar-refractivity contribution in [3.8, 4) is 0 Å². The SMILES string of the molecule is CCN(CC)C(=O)C(C)N1CCN(C(c2ccccc2)c2ccccc2)CC1. The number of likely N-dealkylation sites (N-methyl/N-ethyl adjacent to an activating group) is 1. The molecule has 2 aromatic carbocycles. The molecule has 1 fully saturated rings. The molecule has 0 radical (unpaired) electrons. The minimum Gasteiger partial charge on any atom is -0.342 e. The van der Waals surface area contributed by atoms with Gasteiger partial charge >= 0.3 is 0 Å². The highest BCUT2D eigenvalue weighted by Gasteiger charge is 2.31. The summed E-state index contributed by atoms with van der Waals surface area (Å²) in [6.45, 7) is 11.5. The number of hydrogen-bond donors (Lipinski definition) is 0. The first-order valence-corrected chi connectivity index (χ1v) is 10.5. The molecule has 0 aliphatic carbocycles. The number of carbonyl (C=O) groups excluding carboxylic acids is 1. The van der Waals surface area contributed by atoms with Crippen LogP contribution < -0.4 is 0 Å². The molecule has 1 saturated heterocycles. The zero-order valence-corrected chi connectivity index (χ0v) is 17.4. The number of benzene rings is 2. The van der Waals surface area contributed by atoms with E-state index >= 15 is 0 Å². The van der Waals surface area contributed by atoms with E-state index in [2.05, 4.69) is 91.2 Å². The Morgan fingerprint density at radius 2 is 1.25 bits per heavy atom. The van der Waals surface area contributed by atoms with E-state index < -0.39 is 0 Å². The molecule has 150 valence electrons. The van der Waals surface area contributed by atoms with Crippen LogP contribution in [0.4, 0.5) is 0 Å². The van der Waals surface area contributed by atoms with Gasteiger partial charge in [-0.1, -0.05) is 60.7 Å². The van der Waals surface area contributed by atoms with Gasteiger partial charge in [0, 0.05) is 39.3 Å². The maximum atomic E-state index is 12.7. The lowest BCUT2D eigenvalue weighted by atomic mass is 9.96. The summed E-state index contributed by atoms with van der Waals surface area (Å²) in [5.74, 6) is 0.251. The van der Waals surface area contributed by atoms with Crippen LogP contribution in [0, 0.1) is 0 Å². The van der Waals surface area contributed by atoms with Gasteiger partial charge in [0.1, 0.15) is 0 Å². The third kappa shape index (κ3) is 4.62. The predicted octanol–water partition coefficient (Wildman–Crippen LogP) is 3.65. The van der Waals surface area contributed by atoms with Gasteiger partial charge in [0.05, 0.1) is 12.1 Å². The van der Waals surface area contributed by atoms with E-state index in [0.717, 1.165) is 39.3 Å². The van der Waals surface area contributed by atoms with Gasteiger partial charge in [-0.15, -0.1) is 0 Å². The van der Waals surface area contributed by atoms with Crippen LogP contribution in [0.3, 0.4) is 0 Å². The summed E-state index contributed by atoms with van der Waals surface area (Å²) in [7, 11) is 0. The van der Waals surface area contributed by atoms with Crippen LogP contribution in [-0.2, 0) is 4.79 Å². The Balaban J connectivity index is 1.72. The van der Waals surface area contributed by atoms with E-state index in [1.165, 1.54) is 11.1 Å². The highest BCUT2D eigenvalue weighted by Crippen LogP contribution is 2.29. The summed E-state index contributed by atoms with van der Waals surface area (Å²) in [4.78, 5) is 19.6. The Labute approximate surface area is 169 Å². The standard InChI is InChI=1S/C24H33N3O/c1-4-25(5-2)24(28)20(3)26-16-18-27(19-17-26)23(21-12-8-6-9-13-21)22-14-10-7-11-15-22/h6-15,20,23H,4-5,16-19H2,1-3H3. The van der Waals surface area contributed by atoms with Crippen molar-refractivity contribution in [3.05, 3.63) is 71.8 Å². The van der Waals surface area contributed by atoms with Crippen LogP contribution in [0.2, 0.25) is 0 Å². The van der Waals surface area contributed by atoms with Crippen molar-refractivity contribution in [3.63, 3.8) is 0 Å². The molecule has 1 aliphatic rings. The Morgan fingerprint density at radius 3 is 1.68 bits per heavy atom. The van der Waals surface area contributed by atoms with E-state index in [9.17, 15) is 4.79 Å². The number of rotatable bonds is 7. The quantitative estimate of drug-likeness (QED) is 0.735. The second-order valence-corrected chi connectivity index (χ2v) is 7.48. The summed E-state index contributed by atoms with van der Waals surface area (Å²) < 4.78 is 0. The molecule has 0 bridgehead atoms. The third-order valence-electron chi connectivity index (χ3n) is 5.92. The second kappa shape index (κ2) is 9.85. The molecule has 1 amide bonds. The molecule has 4 nitrogen and oxygen atoms in total. The lowest BCUT2D eigenvalue weighted by molar-refractivity contribution is -0.136. The molecule has 0 N–H and O–H groups in total. The lowest BCUT2D eigenvalue weighted by Crippen LogP contribution is -2.55. The van der Waals surface area contributed by atoms with Crippen LogP contribution in [0.5, 0.6) is 0 Å². The molecule has 1 unspecified atom stereocenters. The molecule has 2 aromatic rings. The van der Waals surface area contributed by atoms with Gasteiger partial charge < -0.3 is 4.90 Å². The average molecular weight is 380 g/mol. The molecule has 0 aromatic heterocycles. The predicted molar refractivity (Wildman–Crippen MR) is 115 cm³/mol. The van der Waals surface area contributed by atoms with Gasteiger partial charge in [0.25, 0.3) is 0 Å². The summed E-state index contributed by atoms with van der Waals surface area (Å²) in [6.07, 6.45) is 0. The maximum Gasteiger partial charge on any atom is 0.239 e. The Morgan fingerprint density at radius 1 is 0.821 bits per heavy atom. The maximum absolute atomic E-state index is 12.7. The van der Waals surface area contributed by atoms with Crippen molar-refractivity contribution >= 4 is 5.91 Å².